The molecule has 0 saturated heterocycles. The molecule has 0 bridgehead atoms. The number of hydrogen-bond donors (Lipinski definition) is 0. The Kier molecular flexibility index (Phi) is 2.94. The number of nitrogens with zero attached hydrogens (tertiary/aromatic N) is 1. The first kappa shape index (κ1) is 11.4. The van der Waals surface area contributed by atoms with Gasteiger partial charge in [0.2, 0.25) is 0 Å². The van der Waals surface area contributed by atoms with Crippen molar-refractivity contribution in [2.45, 2.75) is 0 Å². The number of carbonyl (C=O) groups is 1. The number of benzene rings is 2. The zero-order valence-electron chi connectivity index (χ0n) is 10.1. The Hall–Kier alpha value is -2.68. The predicted molar refractivity (Wildman–Crippen MR) is 73.6 cm³/mol. The summed E-state index contributed by atoms with van der Waals surface area (Å²) in [6.07, 6.45) is 2.55. The Labute approximate surface area is 110 Å². The highest BCUT2D eigenvalue weighted by atomic mass is 16.5. The second-order valence-electron chi connectivity index (χ2n) is 4.12. The van der Waals surface area contributed by atoms with Gasteiger partial charge in [-0.15, -0.1) is 0 Å². The molecule has 0 amide bonds. The van der Waals surface area contributed by atoms with Crippen LogP contribution in [0.15, 0.2) is 60.8 Å². The average molecular weight is 249 g/mol. The van der Waals surface area contributed by atoms with Gasteiger partial charge in [0, 0.05) is 17.1 Å². The molecular weight excluding hydrogens is 238 g/mol. The highest BCUT2D eigenvalue weighted by Crippen LogP contribution is 2.28. The molecule has 0 saturated carbocycles. The van der Waals surface area contributed by atoms with E-state index in [2.05, 4.69) is 4.98 Å². The van der Waals surface area contributed by atoms with E-state index in [4.69, 9.17) is 4.74 Å². The van der Waals surface area contributed by atoms with E-state index in [0.29, 0.717) is 17.1 Å². The van der Waals surface area contributed by atoms with Gasteiger partial charge in [-0.1, -0.05) is 18.2 Å². The second-order valence-corrected chi connectivity index (χ2v) is 4.12. The van der Waals surface area contributed by atoms with Crippen LogP contribution >= 0.6 is 0 Å². The van der Waals surface area contributed by atoms with Crippen LogP contribution in [0.1, 0.15) is 10.4 Å². The number of fused-ring (bicyclic) bond motifs is 1. The molecule has 0 aliphatic rings. The Morgan fingerprint density at radius 1 is 0.947 bits per heavy atom. The first-order valence-electron chi connectivity index (χ1n) is 5.94. The van der Waals surface area contributed by atoms with E-state index in [1.807, 2.05) is 30.3 Å². The van der Waals surface area contributed by atoms with Gasteiger partial charge in [0.25, 0.3) is 0 Å². The smallest absolute Gasteiger partial charge is 0.153 e. The summed E-state index contributed by atoms with van der Waals surface area (Å²) in [6, 6.07) is 16.7. The van der Waals surface area contributed by atoms with Crippen molar-refractivity contribution in [3.05, 3.63) is 66.4 Å². The van der Waals surface area contributed by atoms with Crippen molar-refractivity contribution >= 4 is 17.2 Å². The van der Waals surface area contributed by atoms with Crippen LogP contribution in [0.4, 0.5) is 0 Å². The number of aldehydes is 1. The Balaban J connectivity index is 1.98. The lowest BCUT2D eigenvalue weighted by atomic mass is 10.2. The van der Waals surface area contributed by atoms with Gasteiger partial charge in [0.05, 0.1) is 0 Å². The third-order valence-corrected chi connectivity index (χ3v) is 2.84. The third kappa shape index (κ3) is 2.31. The fourth-order valence-corrected chi connectivity index (χ4v) is 1.90. The predicted octanol–water partition coefficient (Wildman–Crippen LogP) is 3.84. The molecule has 0 aliphatic heterocycles. The first-order chi connectivity index (χ1) is 9.36. The fourth-order valence-electron chi connectivity index (χ4n) is 1.90. The first-order valence-corrected chi connectivity index (χ1v) is 5.94. The van der Waals surface area contributed by atoms with Crippen LogP contribution in [0.2, 0.25) is 0 Å². The number of hydrogen-bond acceptors (Lipinski definition) is 3. The average Bonchev–Trinajstić information content (AvgIpc) is 2.48. The third-order valence-electron chi connectivity index (χ3n) is 2.84. The lowest BCUT2D eigenvalue weighted by Gasteiger charge is -2.08. The molecule has 0 aliphatic carbocycles. The van der Waals surface area contributed by atoms with E-state index in [1.165, 1.54) is 0 Å². The minimum Gasteiger partial charge on any atom is -0.455 e. The molecule has 3 aromatic rings. The van der Waals surface area contributed by atoms with Crippen molar-refractivity contribution in [3.63, 3.8) is 0 Å². The molecule has 0 atom stereocenters. The quantitative estimate of drug-likeness (QED) is 0.662. The van der Waals surface area contributed by atoms with Gasteiger partial charge in [0.15, 0.2) is 5.75 Å². The monoisotopic (exact) mass is 249 g/mol. The van der Waals surface area contributed by atoms with Gasteiger partial charge in [-0.25, -0.2) is 0 Å². The van der Waals surface area contributed by atoms with Gasteiger partial charge >= 0.3 is 0 Å². The van der Waals surface area contributed by atoms with Crippen LogP contribution < -0.4 is 4.74 Å². The molecule has 3 nitrogen and oxygen atoms in total. The SMILES string of the molecule is O=Cc1ccc(Oc2cccc3cccnc23)cc1. The standard InChI is InChI=1S/C16H11NO2/c18-11-12-6-8-14(9-7-12)19-15-5-1-3-13-4-2-10-17-16(13)15/h1-11H. The number of ether oxygens (including phenoxy) is 1. The molecule has 0 fully saturated rings. The Morgan fingerprint density at radius 2 is 1.74 bits per heavy atom. The Morgan fingerprint density at radius 3 is 2.53 bits per heavy atom. The molecule has 3 heteroatoms. The van der Waals surface area contributed by atoms with Crippen molar-refractivity contribution in [2.75, 3.05) is 0 Å². The largest absolute Gasteiger partial charge is 0.455 e. The molecule has 0 N–H and O–H groups in total. The summed E-state index contributed by atoms with van der Waals surface area (Å²) in [7, 11) is 0. The molecule has 92 valence electrons. The lowest BCUT2D eigenvalue weighted by molar-refractivity contribution is 0.112. The molecule has 2 aromatic carbocycles. The molecule has 1 heterocycles. The molecular formula is C16H11NO2. The van der Waals surface area contributed by atoms with E-state index < -0.39 is 0 Å². The summed E-state index contributed by atoms with van der Waals surface area (Å²) in [4.78, 5) is 14.9. The van der Waals surface area contributed by atoms with Crippen molar-refractivity contribution in [1.29, 1.82) is 0 Å². The van der Waals surface area contributed by atoms with Crippen LogP contribution in [0.3, 0.4) is 0 Å². The molecule has 19 heavy (non-hydrogen) atoms. The van der Waals surface area contributed by atoms with Crippen LogP contribution in [0.25, 0.3) is 10.9 Å². The van der Waals surface area contributed by atoms with E-state index in [1.54, 1.807) is 30.5 Å². The number of aromatic nitrogens is 1. The van der Waals surface area contributed by atoms with E-state index >= 15 is 0 Å². The normalized spacial score (nSPS) is 10.3. The molecule has 0 spiro atoms. The number of carbonyl (C=O) groups excluding carboxylic acids is 1. The van der Waals surface area contributed by atoms with Gasteiger partial charge < -0.3 is 4.74 Å². The lowest BCUT2D eigenvalue weighted by Crippen LogP contribution is -1.88. The maximum atomic E-state index is 10.6. The summed E-state index contributed by atoms with van der Waals surface area (Å²) in [5.74, 6) is 1.39. The zero-order chi connectivity index (χ0) is 13.1. The summed E-state index contributed by atoms with van der Waals surface area (Å²) < 4.78 is 5.81. The number of rotatable bonds is 3. The molecule has 1 aromatic heterocycles. The summed E-state index contributed by atoms with van der Waals surface area (Å²) in [6.45, 7) is 0. The Bertz CT molecular complexity index is 715. The number of pyridine rings is 1. The minimum atomic E-state index is 0.628. The van der Waals surface area contributed by atoms with Gasteiger partial charge in [-0.2, -0.15) is 0 Å². The summed E-state index contributed by atoms with van der Waals surface area (Å²) in [5, 5.41) is 1.03. The fraction of sp³-hybridized carbons (Fsp3) is 0. The van der Waals surface area contributed by atoms with Crippen LogP contribution in [0.5, 0.6) is 11.5 Å². The maximum absolute atomic E-state index is 10.6. The van der Waals surface area contributed by atoms with Crippen LogP contribution in [-0.4, -0.2) is 11.3 Å². The molecule has 0 radical (unpaired) electrons. The summed E-state index contributed by atoms with van der Waals surface area (Å²) in [5.41, 5.74) is 1.45. The van der Waals surface area contributed by atoms with E-state index in [9.17, 15) is 4.79 Å². The minimum absolute atomic E-state index is 0.628. The van der Waals surface area contributed by atoms with Crippen LogP contribution in [-0.2, 0) is 0 Å². The van der Waals surface area contributed by atoms with Gasteiger partial charge in [0.1, 0.15) is 17.6 Å². The van der Waals surface area contributed by atoms with Crippen molar-refractivity contribution in [3.8, 4) is 11.5 Å². The molecule has 3 rings (SSSR count). The van der Waals surface area contributed by atoms with Crippen molar-refractivity contribution in [2.24, 2.45) is 0 Å². The maximum Gasteiger partial charge on any atom is 0.153 e. The van der Waals surface area contributed by atoms with Gasteiger partial charge in [-0.05, 0) is 36.4 Å². The summed E-state index contributed by atoms with van der Waals surface area (Å²) >= 11 is 0. The van der Waals surface area contributed by atoms with E-state index in [0.717, 1.165) is 17.2 Å². The van der Waals surface area contributed by atoms with E-state index in [-0.39, 0.29) is 0 Å². The van der Waals surface area contributed by atoms with Crippen molar-refractivity contribution in [1.82, 2.24) is 4.98 Å². The highest BCUT2D eigenvalue weighted by molar-refractivity contribution is 5.84. The second kappa shape index (κ2) is 4.90. The highest BCUT2D eigenvalue weighted by Gasteiger charge is 2.04. The van der Waals surface area contributed by atoms with Crippen LogP contribution in [0, 0.1) is 0 Å². The van der Waals surface area contributed by atoms with Crippen molar-refractivity contribution < 1.29 is 9.53 Å². The van der Waals surface area contributed by atoms with Gasteiger partial charge in [-0.3, -0.25) is 9.78 Å². The zero-order valence-corrected chi connectivity index (χ0v) is 10.1. The topological polar surface area (TPSA) is 39.2 Å². The number of para-hydroxylation sites is 1. The molecule has 0 unspecified atom stereocenters.